The van der Waals surface area contributed by atoms with E-state index in [-0.39, 0.29) is 30.3 Å². The van der Waals surface area contributed by atoms with Gasteiger partial charge < -0.3 is 5.32 Å². The normalized spacial score (nSPS) is 13.4. The number of fused-ring (bicyclic) bond motifs is 1. The number of rotatable bonds is 4. The summed E-state index contributed by atoms with van der Waals surface area (Å²) in [5.41, 5.74) is 1.94. The number of carbonyl (C=O) groups excluding carboxylic acids is 3. The van der Waals surface area contributed by atoms with Crippen LogP contribution in [0.25, 0.3) is 0 Å². The summed E-state index contributed by atoms with van der Waals surface area (Å²) in [6, 6.07) is 13.8. The molecule has 2 aromatic rings. The first-order valence-corrected chi connectivity index (χ1v) is 7.83. The number of benzene rings is 2. The molecule has 5 heteroatoms. The molecule has 1 aliphatic heterocycles. The van der Waals surface area contributed by atoms with E-state index < -0.39 is 0 Å². The van der Waals surface area contributed by atoms with Crippen molar-refractivity contribution >= 4 is 17.7 Å². The zero-order valence-electron chi connectivity index (χ0n) is 13.6. The van der Waals surface area contributed by atoms with E-state index >= 15 is 0 Å². The Balaban J connectivity index is 1.89. The summed E-state index contributed by atoms with van der Waals surface area (Å²) >= 11 is 0. The second-order valence-corrected chi connectivity index (χ2v) is 6.03. The van der Waals surface area contributed by atoms with E-state index in [1.54, 1.807) is 48.5 Å². The summed E-state index contributed by atoms with van der Waals surface area (Å²) in [6.07, 6.45) is 0. The lowest BCUT2D eigenvalue weighted by molar-refractivity contribution is 0.0640. The first-order chi connectivity index (χ1) is 11.5. The highest BCUT2D eigenvalue weighted by molar-refractivity contribution is 6.21. The van der Waals surface area contributed by atoms with Crippen LogP contribution in [0.4, 0.5) is 0 Å². The standard InChI is InChI=1S/C19H18N2O3/c1-12(2)20-17(22)14-8-4-3-7-13(14)11-21-18(23)15-9-5-6-10-16(15)19(21)24/h3-10,12H,11H2,1-2H3,(H,20,22). The largest absolute Gasteiger partial charge is 0.350 e. The minimum atomic E-state index is -0.324. The Morgan fingerprint density at radius 2 is 1.50 bits per heavy atom. The Hall–Kier alpha value is -2.95. The van der Waals surface area contributed by atoms with Crippen molar-refractivity contribution in [3.05, 3.63) is 70.8 Å². The van der Waals surface area contributed by atoms with Gasteiger partial charge >= 0.3 is 0 Å². The van der Waals surface area contributed by atoms with Crippen LogP contribution in [0, 0.1) is 0 Å². The Labute approximate surface area is 140 Å². The minimum absolute atomic E-state index is 0.00450. The molecule has 0 atom stereocenters. The molecule has 0 fully saturated rings. The molecule has 0 aliphatic carbocycles. The van der Waals surface area contributed by atoms with Gasteiger partial charge in [0.15, 0.2) is 0 Å². The predicted molar refractivity (Wildman–Crippen MR) is 89.7 cm³/mol. The average molecular weight is 322 g/mol. The maximum Gasteiger partial charge on any atom is 0.261 e. The summed E-state index contributed by atoms with van der Waals surface area (Å²) in [5, 5.41) is 2.84. The number of carbonyl (C=O) groups is 3. The van der Waals surface area contributed by atoms with Gasteiger partial charge in [-0.1, -0.05) is 30.3 Å². The summed E-state index contributed by atoms with van der Waals surface area (Å²) in [4.78, 5) is 38.5. The van der Waals surface area contributed by atoms with E-state index in [9.17, 15) is 14.4 Å². The van der Waals surface area contributed by atoms with E-state index in [4.69, 9.17) is 0 Å². The molecule has 24 heavy (non-hydrogen) atoms. The Morgan fingerprint density at radius 1 is 0.958 bits per heavy atom. The fourth-order valence-electron chi connectivity index (χ4n) is 2.77. The van der Waals surface area contributed by atoms with Gasteiger partial charge in [-0.25, -0.2) is 0 Å². The highest BCUT2D eigenvalue weighted by Gasteiger charge is 2.35. The van der Waals surface area contributed by atoms with Gasteiger partial charge in [0.05, 0.1) is 17.7 Å². The predicted octanol–water partition coefficient (Wildman–Crippen LogP) is 2.62. The molecule has 122 valence electrons. The summed E-state index contributed by atoms with van der Waals surface area (Å²) in [6.45, 7) is 3.84. The Morgan fingerprint density at radius 3 is 2.08 bits per heavy atom. The number of hydrogen-bond donors (Lipinski definition) is 1. The van der Waals surface area contributed by atoms with E-state index in [2.05, 4.69) is 5.32 Å². The summed E-state index contributed by atoms with van der Waals surface area (Å²) in [7, 11) is 0. The molecule has 1 aliphatic rings. The summed E-state index contributed by atoms with van der Waals surface area (Å²) in [5.74, 6) is -0.860. The van der Waals surface area contributed by atoms with Gasteiger partial charge in [0, 0.05) is 11.6 Å². The molecule has 0 bridgehead atoms. The van der Waals surface area contributed by atoms with Crippen LogP contribution in [0.2, 0.25) is 0 Å². The fraction of sp³-hybridized carbons (Fsp3) is 0.211. The van der Waals surface area contributed by atoms with Crippen molar-refractivity contribution in [2.24, 2.45) is 0 Å². The zero-order chi connectivity index (χ0) is 17.3. The number of hydrogen-bond acceptors (Lipinski definition) is 3. The maximum atomic E-state index is 12.5. The molecule has 0 saturated heterocycles. The molecular weight excluding hydrogens is 304 g/mol. The van der Waals surface area contributed by atoms with Crippen LogP contribution in [0.5, 0.6) is 0 Å². The third-order valence-corrected chi connectivity index (χ3v) is 3.89. The molecule has 3 rings (SSSR count). The van der Waals surface area contributed by atoms with Crippen LogP contribution >= 0.6 is 0 Å². The van der Waals surface area contributed by atoms with Crippen molar-refractivity contribution in [3.8, 4) is 0 Å². The second kappa shape index (κ2) is 6.28. The van der Waals surface area contributed by atoms with Crippen molar-refractivity contribution in [2.75, 3.05) is 0 Å². The van der Waals surface area contributed by atoms with E-state index in [0.29, 0.717) is 22.3 Å². The maximum absolute atomic E-state index is 12.5. The lowest BCUT2D eigenvalue weighted by Crippen LogP contribution is -2.33. The number of nitrogens with zero attached hydrogens (tertiary/aromatic N) is 1. The van der Waals surface area contributed by atoms with Crippen LogP contribution in [-0.2, 0) is 6.54 Å². The van der Waals surface area contributed by atoms with Gasteiger partial charge in [-0.05, 0) is 37.6 Å². The van der Waals surface area contributed by atoms with Crippen molar-refractivity contribution in [1.29, 1.82) is 0 Å². The average Bonchev–Trinajstić information content (AvgIpc) is 2.80. The van der Waals surface area contributed by atoms with Crippen molar-refractivity contribution < 1.29 is 14.4 Å². The lowest BCUT2D eigenvalue weighted by atomic mass is 10.1. The van der Waals surface area contributed by atoms with Crippen LogP contribution in [0.3, 0.4) is 0 Å². The third kappa shape index (κ3) is 2.80. The second-order valence-electron chi connectivity index (χ2n) is 6.03. The highest BCUT2D eigenvalue weighted by atomic mass is 16.2. The Kier molecular flexibility index (Phi) is 4.16. The lowest BCUT2D eigenvalue weighted by Gasteiger charge is -2.17. The zero-order valence-corrected chi connectivity index (χ0v) is 13.6. The quantitative estimate of drug-likeness (QED) is 0.880. The van der Waals surface area contributed by atoms with Gasteiger partial charge in [-0.3, -0.25) is 19.3 Å². The number of amides is 3. The first-order valence-electron chi connectivity index (χ1n) is 7.83. The first kappa shape index (κ1) is 15.9. The molecule has 0 saturated carbocycles. The van der Waals surface area contributed by atoms with E-state index in [1.165, 1.54) is 4.90 Å². The van der Waals surface area contributed by atoms with E-state index in [1.807, 2.05) is 13.8 Å². The molecule has 0 aromatic heterocycles. The number of imide groups is 1. The molecule has 0 radical (unpaired) electrons. The third-order valence-electron chi connectivity index (χ3n) is 3.89. The van der Waals surface area contributed by atoms with Gasteiger partial charge in [0.1, 0.15) is 0 Å². The SMILES string of the molecule is CC(C)NC(=O)c1ccccc1CN1C(=O)c2ccccc2C1=O. The van der Waals surface area contributed by atoms with Crippen LogP contribution < -0.4 is 5.32 Å². The topological polar surface area (TPSA) is 66.5 Å². The van der Waals surface area contributed by atoms with Crippen molar-refractivity contribution in [2.45, 2.75) is 26.4 Å². The minimum Gasteiger partial charge on any atom is -0.350 e. The summed E-state index contributed by atoms with van der Waals surface area (Å²) < 4.78 is 0. The van der Waals surface area contributed by atoms with E-state index in [0.717, 1.165) is 0 Å². The number of nitrogens with one attached hydrogen (secondary N) is 1. The molecule has 5 nitrogen and oxygen atoms in total. The molecule has 1 N–H and O–H groups in total. The van der Waals surface area contributed by atoms with Gasteiger partial charge in [-0.15, -0.1) is 0 Å². The molecular formula is C19H18N2O3. The van der Waals surface area contributed by atoms with Crippen molar-refractivity contribution in [3.63, 3.8) is 0 Å². The van der Waals surface area contributed by atoms with Gasteiger partial charge in [0.2, 0.25) is 0 Å². The molecule has 2 aromatic carbocycles. The monoisotopic (exact) mass is 322 g/mol. The van der Waals surface area contributed by atoms with Crippen LogP contribution in [0.1, 0.15) is 50.5 Å². The fourth-order valence-corrected chi connectivity index (χ4v) is 2.77. The Bertz CT molecular complexity index is 792. The van der Waals surface area contributed by atoms with Crippen LogP contribution in [-0.4, -0.2) is 28.7 Å². The highest BCUT2D eigenvalue weighted by Crippen LogP contribution is 2.25. The smallest absolute Gasteiger partial charge is 0.261 e. The van der Waals surface area contributed by atoms with Gasteiger partial charge in [-0.2, -0.15) is 0 Å². The molecule has 0 unspecified atom stereocenters. The molecule has 1 heterocycles. The van der Waals surface area contributed by atoms with Crippen molar-refractivity contribution in [1.82, 2.24) is 10.2 Å². The van der Waals surface area contributed by atoms with Crippen LogP contribution in [0.15, 0.2) is 48.5 Å². The molecule has 3 amide bonds. The molecule has 0 spiro atoms. The van der Waals surface area contributed by atoms with Gasteiger partial charge in [0.25, 0.3) is 17.7 Å².